The molecule has 0 saturated carbocycles. The minimum absolute atomic E-state index is 0.0200. The number of anilines is 2. The van der Waals surface area contributed by atoms with Crippen molar-refractivity contribution in [1.82, 2.24) is 0 Å². The van der Waals surface area contributed by atoms with Gasteiger partial charge in [-0.25, -0.2) is 4.79 Å². The fraction of sp³-hybridized carbons (Fsp3) is 0.417. The molecule has 0 aromatic heterocycles. The number of rotatable bonds is 2. The van der Waals surface area contributed by atoms with E-state index in [1.54, 1.807) is 4.90 Å². The fourth-order valence-corrected chi connectivity index (χ4v) is 1.94. The van der Waals surface area contributed by atoms with Gasteiger partial charge in [0.1, 0.15) is 0 Å². The van der Waals surface area contributed by atoms with E-state index in [9.17, 15) is 18.0 Å². The SMILES string of the molecule is COC(=O)c1cc(N2CCC2)c(C(F)(F)F)cc1N. The molecule has 0 atom stereocenters. The van der Waals surface area contributed by atoms with Gasteiger partial charge in [-0.05, 0) is 18.6 Å². The molecule has 7 heteroatoms. The summed E-state index contributed by atoms with van der Waals surface area (Å²) in [7, 11) is 1.16. The Morgan fingerprint density at radius 2 is 2.00 bits per heavy atom. The van der Waals surface area contributed by atoms with E-state index in [1.807, 2.05) is 0 Å². The van der Waals surface area contributed by atoms with Crippen molar-refractivity contribution >= 4 is 17.3 Å². The van der Waals surface area contributed by atoms with Crippen LogP contribution in [0.5, 0.6) is 0 Å². The maximum atomic E-state index is 13.0. The number of ether oxygens (including phenoxy) is 1. The molecule has 0 radical (unpaired) electrons. The second-order valence-electron chi connectivity index (χ2n) is 4.29. The summed E-state index contributed by atoms with van der Waals surface area (Å²) in [6, 6.07) is 1.95. The summed E-state index contributed by atoms with van der Waals surface area (Å²) in [4.78, 5) is 13.0. The van der Waals surface area contributed by atoms with E-state index >= 15 is 0 Å². The van der Waals surface area contributed by atoms with E-state index in [-0.39, 0.29) is 16.9 Å². The molecule has 19 heavy (non-hydrogen) atoms. The third kappa shape index (κ3) is 2.45. The van der Waals surface area contributed by atoms with Crippen LogP contribution in [0.4, 0.5) is 24.5 Å². The van der Waals surface area contributed by atoms with E-state index in [4.69, 9.17) is 5.73 Å². The number of methoxy groups -OCH3 is 1. The Bertz CT molecular complexity index is 510. The second kappa shape index (κ2) is 4.64. The fourth-order valence-electron chi connectivity index (χ4n) is 1.94. The number of carbonyl (C=O) groups excluding carboxylic acids is 1. The third-order valence-electron chi connectivity index (χ3n) is 3.08. The van der Waals surface area contributed by atoms with E-state index in [0.29, 0.717) is 13.1 Å². The zero-order chi connectivity index (χ0) is 14.2. The molecular formula is C12H13F3N2O2. The number of carbonyl (C=O) groups is 1. The van der Waals surface area contributed by atoms with Crippen molar-refractivity contribution in [3.8, 4) is 0 Å². The molecule has 1 fully saturated rings. The van der Waals surface area contributed by atoms with Gasteiger partial charge >= 0.3 is 12.1 Å². The largest absolute Gasteiger partial charge is 0.465 e. The first-order valence-electron chi connectivity index (χ1n) is 5.68. The molecule has 4 nitrogen and oxygen atoms in total. The zero-order valence-corrected chi connectivity index (χ0v) is 10.3. The van der Waals surface area contributed by atoms with Gasteiger partial charge < -0.3 is 15.4 Å². The zero-order valence-electron chi connectivity index (χ0n) is 10.3. The standard InChI is InChI=1S/C12H13F3N2O2/c1-19-11(18)7-5-10(17-3-2-4-17)8(6-9(7)16)12(13,14)15/h5-6H,2-4,16H2,1H3. The number of hydrogen-bond acceptors (Lipinski definition) is 4. The molecular weight excluding hydrogens is 261 g/mol. The number of nitrogen functional groups attached to an aromatic ring is 1. The predicted molar refractivity (Wildman–Crippen MR) is 64.0 cm³/mol. The summed E-state index contributed by atoms with van der Waals surface area (Å²) < 4.78 is 43.4. The lowest BCUT2D eigenvalue weighted by molar-refractivity contribution is -0.137. The molecule has 0 amide bonds. The molecule has 2 N–H and O–H groups in total. The van der Waals surface area contributed by atoms with Crippen LogP contribution in [0.15, 0.2) is 12.1 Å². The Hall–Kier alpha value is -1.92. The Morgan fingerprint density at radius 3 is 2.42 bits per heavy atom. The van der Waals surface area contributed by atoms with Crippen LogP contribution >= 0.6 is 0 Å². The molecule has 0 unspecified atom stereocenters. The van der Waals surface area contributed by atoms with Crippen molar-refractivity contribution < 1.29 is 22.7 Å². The number of halogens is 3. The first-order valence-corrected chi connectivity index (χ1v) is 5.68. The number of esters is 1. The summed E-state index contributed by atoms with van der Waals surface area (Å²) >= 11 is 0. The van der Waals surface area contributed by atoms with Gasteiger partial charge in [-0.1, -0.05) is 0 Å². The van der Waals surface area contributed by atoms with E-state index in [2.05, 4.69) is 4.74 Å². The van der Waals surface area contributed by atoms with Crippen molar-refractivity contribution in [3.63, 3.8) is 0 Å². The van der Waals surface area contributed by atoms with Gasteiger partial charge in [0.2, 0.25) is 0 Å². The Kier molecular flexibility index (Phi) is 3.30. The van der Waals surface area contributed by atoms with E-state index < -0.39 is 17.7 Å². The lowest BCUT2D eigenvalue weighted by Crippen LogP contribution is -2.38. The Labute approximate surface area is 107 Å². The summed E-state index contributed by atoms with van der Waals surface area (Å²) in [6.07, 6.45) is -3.68. The Morgan fingerprint density at radius 1 is 1.37 bits per heavy atom. The minimum atomic E-state index is -4.51. The maximum absolute atomic E-state index is 13.0. The van der Waals surface area contributed by atoms with E-state index in [0.717, 1.165) is 25.7 Å². The molecule has 2 rings (SSSR count). The molecule has 104 valence electrons. The van der Waals surface area contributed by atoms with Crippen LogP contribution in [0.1, 0.15) is 22.3 Å². The van der Waals surface area contributed by atoms with Crippen molar-refractivity contribution in [1.29, 1.82) is 0 Å². The average molecular weight is 274 g/mol. The van der Waals surface area contributed by atoms with Gasteiger partial charge in [-0.3, -0.25) is 0 Å². The highest BCUT2D eigenvalue weighted by atomic mass is 19.4. The number of nitrogens with two attached hydrogens (primary N) is 1. The molecule has 1 aliphatic rings. The lowest BCUT2D eigenvalue weighted by atomic mass is 10.0. The van der Waals surface area contributed by atoms with Crippen LogP contribution < -0.4 is 10.6 Å². The lowest BCUT2D eigenvalue weighted by Gasteiger charge is -2.35. The molecule has 1 saturated heterocycles. The van der Waals surface area contributed by atoms with Gasteiger partial charge in [0.15, 0.2) is 0 Å². The maximum Gasteiger partial charge on any atom is 0.418 e. The highest BCUT2D eigenvalue weighted by molar-refractivity contribution is 5.96. The van der Waals surface area contributed by atoms with Crippen LogP contribution in [0, 0.1) is 0 Å². The summed E-state index contributed by atoms with van der Waals surface area (Å²) in [5.74, 6) is -0.743. The van der Waals surface area contributed by atoms with Crippen molar-refractivity contribution in [2.24, 2.45) is 0 Å². The molecule has 0 bridgehead atoms. The van der Waals surface area contributed by atoms with Crippen molar-refractivity contribution in [2.75, 3.05) is 30.8 Å². The van der Waals surface area contributed by atoms with Gasteiger partial charge in [-0.15, -0.1) is 0 Å². The van der Waals surface area contributed by atoms with Gasteiger partial charge in [0, 0.05) is 24.5 Å². The molecule has 0 aliphatic carbocycles. The van der Waals surface area contributed by atoms with Crippen LogP contribution in [-0.4, -0.2) is 26.2 Å². The Balaban J connectivity index is 2.55. The molecule has 1 heterocycles. The first kappa shape index (κ1) is 13.5. The number of nitrogens with zero attached hydrogens (tertiary/aromatic N) is 1. The van der Waals surface area contributed by atoms with Crippen LogP contribution in [0.2, 0.25) is 0 Å². The highest BCUT2D eigenvalue weighted by Gasteiger charge is 2.37. The normalized spacial score (nSPS) is 15.1. The quantitative estimate of drug-likeness (QED) is 0.664. The minimum Gasteiger partial charge on any atom is -0.465 e. The average Bonchev–Trinajstić information content (AvgIpc) is 2.26. The topological polar surface area (TPSA) is 55.6 Å². The molecule has 1 aliphatic heterocycles. The molecule has 0 spiro atoms. The third-order valence-corrected chi connectivity index (χ3v) is 3.08. The highest BCUT2D eigenvalue weighted by Crippen LogP contribution is 2.40. The van der Waals surface area contributed by atoms with Crippen molar-refractivity contribution in [2.45, 2.75) is 12.6 Å². The number of alkyl halides is 3. The summed E-state index contributed by atoms with van der Waals surface area (Å²) in [5, 5.41) is 0. The van der Waals surface area contributed by atoms with Crippen LogP contribution in [0.25, 0.3) is 0 Å². The second-order valence-corrected chi connectivity index (χ2v) is 4.29. The van der Waals surface area contributed by atoms with Crippen LogP contribution in [-0.2, 0) is 10.9 Å². The first-order chi connectivity index (χ1) is 8.84. The van der Waals surface area contributed by atoms with E-state index in [1.165, 1.54) is 0 Å². The number of hydrogen-bond donors (Lipinski definition) is 1. The summed E-state index contributed by atoms with van der Waals surface area (Å²) in [6.45, 7) is 1.07. The van der Waals surface area contributed by atoms with Crippen molar-refractivity contribution in [3.05, 3.63) is 23.3 Å². The molecule has 1 aromatic rings. The van der Waals surface area contributed by atoms with Gasteiger partial charge in [0.25, 0.3) is 0 Å². The van der Waals surface area contributed by atoms with Crippen LogP contribution in [0.3, 0.4) is 0 Å². The smallest absolute Gasteiger partial charge is 0.418 e. The van der Waals surface area contributed by atoms with Gasteiger partial charge in [-0.2, -0.15) is 13.2 Å². The monoisotopic (exact) mass is 274 g/mol. The predicted octanol–water partition coefficient (Wildman–Crippen LogP) is 2.28. The molecule has 1 aromatic carbocycles. The number of benzene rings is 1. The summed E-state index contributed by atoms with van der Waals surface area (Å²) in [5.41, 5.74) is 4.38. The van der Waals surface area contributed by atoms with Gasteiger partial charge in [0.05, 0.1) is 18.2 Å².